The van der Waals surface area contributed by atoms with Crippen molar-refractivity contribution in [2.75, 3.05) is 11.1 Å². The lowest BCUT2D eigenvalue weighted by Gasteiger charge is -2.09. The van der Waals surface area contributed by atoms with E-state index in [1.54, 1.807) is 31.3 Å². The highest BCUT2D eigenvalue weighted by molar-refractivity contribution is 7.99. The van der Waals surface area contributed by atoms with Gasteiger partial charge in [-0.3, -0.25) is 9.59 Å². The van der Waals surface area contributed by atoms with E-state index >= 15 is 0 Å². The molecule has 1 aromatic heterocycles. The van der Waals surface area contributed by atoms with Gasteiger partial charge in [0.05, 0.1) is 11.5 Å². The van der Waals surface area contributed by atoms with Crippen LogP contribution in [0.5, 0.6) is 0 Å². The molecule has 34 heavy (non-hydrogen) atoms. The number of thioether (sulfide) groups is 1. The third-order valence-corrected chi connectivity index (χ3v) is 5.72. The maximum absolute atomic E-state index is 12.7. The van der Waals surface area contributed by atoms with Crippen molar-refractivity contribution in [3.63, 3.8) is 0 Å². The van der Waals surface area contributed by atoms with Crippen molar-refractivity contribution in [1.82, 2.24) is 25.6 Å². The van der Waals surface area contributed by atoms with Crippen LogP contribution in [0, 0.1) is 0 Å². The molecule has 0 aliphatic rings. The summed E-state index contributed by atoms with van der Waals surface area (Å²) in [5.74, 6) is -0.398. The number of hydrazone groups is 1. The highest BCUT2D eigenvalue weighted by Gasteiger charge is 2.11. The number of amides is 2. The van der Waals surface area contributed by atoms with Crippen LogP contribution in [0.25, 0.3) is 0 Å². The van der Waals surface area contributed by atoms with Crippen LogP contribution in [0.4, 0.5) is 5.69 Å². The molecule has 9 nitrogen and oxygen atoms in total. The molecule has 10 heteroatoms. The Bertz CT molecular complexity index is 1250. The van der Waals surface area contributed by atoms with Crippen LogP contribution in [0.1, 0.15) is 21.5 Å². The third kappa shape index (κ3) is 5.93. The first-order valence-corrected chi connectivity index (χ1v) is 11.3. The zero-order valence-corrected chi connectivity index (χ0v) is 19.1. The Labute approximate surface area is 200 Å². The van der Waals surface area contributed by atoms with Gasteiger partial charge in [-0.2, -0.15) is 5.10 Å². The van der Waals surface area contributed by atoms with E-state index in [1.165, 1.54) is 16.4 Å². The predicted molar refractivity (Wildman–Crippen MR) is 131 cm³/mol. The second kappa shape index (κ2) is 11.0. The zero-order chi connectivity index (χ0) is 23.8. The van der Waals surface area contributed by atoms with Gasteiger partial charge in [0.15, 0.2) is 0 Å². The quantitative estimate of drug-likeness (QED) is 0.232. The van der Waals surface area contributed by atoms with Crippen molar-refractivity contribution in [1.29, 1.82) is 0 Å². The predicted octanol–water partition coefficient (Wildman–Crippen LogP) is 3.12. The molecule has 0 fully saturated rings. The summed E-state index contributed by atoms with van der Waals surface area (Å²) in [4.78, 5) is 24.9. The second-order valence-corrected chi connectivity index (χ2v) is 8.08. The summed E-state index contributed by atoms with van der Waals surface area (Å²) in [7, 11) is 1.71. The van der Waals surface area contributed by atoms with Crippen molar-refractivity contribution in [3.05, 3.63) is 102 Å². The van der Waals surface area contributed by atoms with E-state index in [9.17, 15) is 9.59 Å². The molecule has 0 bridgehead atoms. The van der Waals surface area contributed by atoms with E-state index in [0.29, 0.717) is 22.1 Å². The minimum Gasteiger partial charge on any atom is -0.325 e. The smallest absolute Gasteiger partial charge is 0.271 e. The first kappa shape index (κ1) is 22.9. The number of nitrogens with zero attached hydrogens (tertiary/aromatic N) is 5. The molecule has 3 aromatic carbocycles. The Morgan fingerprint density at radius 2 is 1.50 bits per heavy atom. The van der Waals surface area contributed by atoms with E-state index in [1.807, 2.05) is 60.7 Å². The van der Waals surface area contributed by atoms with Gasteiger partial charge in [-0.05, 0) is 34.7 Å². The molecule has 0 spiro atoms. The summed E-state index contributed by atoms with van der Waals surface area (Å²) in [6, 6.07) is 25.9. The maximum atomic E-state index is 12.7. The summed E-state index contributed by atoms with van der Waals surface area (Å²) in [6.07, 6.45) is 0. The fourth-order valence-corrected chi connectivity index (χ4v) is 3.68. The van der Waals surface area contributed by atoms with Crippen molar-refractivity contribution in [3.8, 4) is 0 Å². The van der Waals surface area contributed by atoms with E-state index in [4.69, 9.17) is 0 Å². The van der Waals surface area contributed by atoms with Crippen LogP contribution < -0.4 is 10.7 Å². The lowest BCUT2D eigenvalue weighted by Crippen LogP contribution is -2.21. The molecule has 4 aromatic rings. The molecule has 0 atom stereocenters. The van der Waals surface area contributed by atoms with Crippen LogP contribution in [0.3, 0.4) is 0 Å². The molecule has 0 aliphatic heterocycles. The molecule has 170 valence electrons. The average Bonchev–Trinajstić information content (AvgIpc) is 3.29. The molecule has 0 unspecified atom stereocenters. The normalized spacial score (nSPS) is 10.4. The van der Waals surface area contributed by atoms with Crippen LogP contribution >= 0.6 is 11.8 Å². The van der Waals surface area contributed by atoms with Gasteiger partial charge in [-0.15, -0.1) is 5.10 Å². The van der Waals surface area contributed by atoms with Gasteiger partial charge >= 0.3 is 0 Å². The van der Waals surface area contributed by atoms with E-state index in [-0.39, 0.29) is 17.6 Å². The van der Waals surface area contributed by atoms with E-state index < -0.39 is 0 Å². The van der Waals surface area contributed by atoms with E-state index in [0.717, 1.165) is 11.1 Å². The first-order chi connectivity index (χ1) is 16.6. The van der Waals surface area contributed by atoms with Gasteiger partial charge < -0.3 is 5.32 Å². The van der Waals surface area contributed by atoms with Crippen molar-refractivity contribution in [2.24, 2.45) is 12.1 Å². The van der Waals surface area contributed by atoms with Crippen LogP contribution in [0.2, 0.25) is 0 Å². The van der Waals surface area contributed by atoms with Gasteiger partial charge in [-0.25, -0.2) is 10.1 Å². The number of aryl methyl sites for hydroxylation is 1. The number of tetrazole rings is 1. The summed E-state index contributed by atoms with van der Waals surface area (Å²) >= 11 is 1.23. The molecule has 2 amide bonds. The topological polar surface area (TPSA) is 114 Å². The molecule has 2 N–H and O–H groups in total. The second-order valence-electron chi connectivity index (χ2n) is 7.13. The highest BCUT2D eigenvalue weighted by atomic mass is 32.2. The molecular weight excluding hydrogens is 450 g/mol. The average molecular weight is 472 g/mol. The van der Waals surface area contributed by atoms with Crippen molar-refractivity contribution < 1.29 is 9.59 Å². The Morgan fingerprint density at radius 3 is 2.06 bits per heavy atom. The largest absolute Gasteiger partial charge is 0.325 e. The van der Waals surface area contributed by atoms with Crippen LogP contribution in [-0.2, 0) is 11.8 Å². The Hall–Kier alpha value is -4.31. The number of nitrogens with one attached hydrogen (secondary N) is 2. The van der Waals surface area contributed by atoms with Gasteiger partial charge in [0.2, 0.25) is 11.1 Å². The van der Waals surface area contributed by atoms with Crippen molar-refractivity contribution in [2.45, 2.75) is 5.16 Å². The zero-order valence-electron chi connectivity index (χ0n) is 18.3. The maximum Gasteiger partial charge on any atom is 0.271 e. The lowest BCUT2D eigenvalue weighted by molar-refractivity contribution is -0.113. The summed E-state index contributed by atoms with van der Waals surface area (Å²) in [5, 5.41) is 18.8. The molecule has 1 heterocycles. The number of hydrogen-bond acceptors (Lipinski definition) is 7. The summed E-state index contributed by atoms with van der Waals surface area (Å²) in [6.45, 7) is 0. The van der Waals surface area contributed by atoms with E-state index in [2.05, 4.69) is 31.4 Å². The Morgan fingerprint density at radius 1 is 0.882 bits per heavy atom. The molecule has 0 radical (unpaired) electrons. The fraction of sp³-hybridized carbons (Fsp3) is 0.0833. The first-order valence-electron chi connectivity index (χ1n) is 10.3. The fourth-order valence-electron chi connectivity index (χ4n) is 3.03. The SMILES string of the molecule is Cn1nnnc1SCC(=O)Nc1ccc(C(=O)NN=C(c2ccccc2)c2ccccc2)cc1. The van der Waals surface area contributed by atoms with Crippen LogP contribution in [0.15, 0.2) is 95.2 Å². The number of benzene rings is 3. The Balaban J connectivity index is 1.39. The van der Waals surface area contributed by atoms with Gasteiger partial charge in [-0.1, -0.05) is 72.4 Å². The van der Waals surface area contributed by atoms with Crippen molar-refractivity contribution >= 4 is 35.0 Å². The Kier molecular flexibility index (Phi) is 7.41. The molecule has 0 saturated heterocycles. The van der Waals surface area contributed by atoms with Gasteiger partial charge in [0, 0.05) is 29.4 Å². The number of rotatable bonds is 8. The summed E-state index contributed by atoms with van der Waals surface area (Å²) < 4.78 is 1.49. The molecular formula is C24H21N7O2S. The van der Waals surface area contributed by atoms with Gasteiger partial charge in [0.1, 0.15) is 0 Å². The summed E-state index contributed by atoms with van der Waals surface area (Å²) in [5.41, 5.74) is 6.08. The highest BCUT2D eigenvalue weighted by Crippen LogP contribution is 2.15. The number of anilines is 1. The third-order valence-electron chi connectivity index (χ3n) is 4.71. The number of carbonyl (C=O) groups is 2. The minimum atomic E-state index is -0.354. The minimum absolute atomic E-state index is 0.160. The lowest BCUT2D eigenvalue weighted by atomic mass is 10.0. The number of carbonyl (C=O) groups excluding carboxylic acids is 2. The van der Waals surface area contributed by atoms with Crippen LogP contribution in [-0.4, -0.2) is 43.5 Å². The number of hydrogen-bond donors (Lipinski definition) is 2. The number of aromatic nitrogens is 4. The monoisotopic (exact) mass is 471 g/mol. The molecule has 4 rings (SSSR count). The van der Waals surface area contributed by atoms with Gasteiger partial charge in [0.25, 0.3) is 5.91 Å². The standard InChI is InChI=1S/C24H21N7O2S/c1-31-24(28-29-30-31)34-16-21(32)25-20-14-12-19(13-15-20)23(33)27-26-22(17-8-4-2-5-9-17)18-10-6-3-7-11-18/h2-15H,16H2,1H3,(H,25,32)(H,27,33). The molecule has 0 aliphatic carbocycles. The molecule has 0 saturated carbocycles.